The van der Waals surface area contributed by atoms with Crippen LogP contribution < -0.4 is 15.6 Å². The third kappa shape index (κ3) is 4.48. The van der Waals surface area contributed by atoms with Gasteiger partial charge in [0.15, 0.2) is 0 Å². The van der Waals surface area contributed by atoms with Crippen molar-refractivity contribution in [3.05, 3.63) is 99.8 Å². The second-order valence-corrected chi connectivity index (χ2v) is 8.47. The van der Waals surface area contributed by atoms with Gasteiger partial charge in [-0.05, 0) is 54.1 Å². The zero-order chi connectivity index (χ0) is 24.5. The Hall–Kier alpha value is -4.17. The number of nitrogens with one attached hydrogen (secondary N) is 1. The molecule has 0 aliphatic carbocycles. The summed E-state index contributed by atoms with van der Waals surface area (Å²) in [5.74, 6) is -0.105. The molecule has 0 spiro atoms. The monoisotopic (exact) mass is 490 g/mol. The first-order valence-electron chi connectivity index (χ1n) is 10.8. The number of halogens is 2. The molecule has 2 heterocycles. The minimum absolute atomic E-state index is 0.165. The van der Waals surface area contributed by atoms with Crippen LogP contribution in [0, 0.1) is 5.82 Å². The van der Waals surface area contributed by atoms with Gasteiger partial charge >= 0.3 is 0 Å². The van der Waals surface area contributed by atoms with Crippen LogP contribution in [0.3, 0.4) is 0 Å². The maximum Gasteiger partial charge on any atom is 0.278 e. The number of methoxy groups -OCH3 is 1. The van der Waals surface area contributed by atoms with Gasteiger partial charge in [0.1, 0.15) is 29.1 Å². The molecule has 5 rings (SSSR count). The molecule has 0 radical (unpaired) electrons. The third-order valence-corrected chi connectivity index (χ3v) is 5.95. The second kappa shape index (κ2) is 9.23. The van der Waals surface area contributed by atoms with Crippen LogP contribution in [0.5, 0.6) is 5.75 Å². The molecule has 0 saturated carbocycles. The molecular weight excluding hydrogens is 471 g/mol. The third-order valence-electron chi connectivity index (χ3n) is 5.71. The SMILES string of the molecule is COc1ccc(Cn2cnc3c4cc(F)ccc4n(CC(=O)Nc4cccc(Cl)c4)c3c2=O)cc1. The van der Waals surface area contributed by atoms with Gasteiger partial charge in [-0.25, -0.2) is 9.37 Å². The van der Waals surface area contributed by atoms with Gasteiger partial charge in [-0.2, -0.15) is 0 Å². The Morgan fingerprint density at radius 1 is 1.11 bits per heavy atom. The molecule has 0 saturated heterocycles. The van der Waals surface area contributed by atoms with Gasteiger partial charge in [-0.15, -0.1) is 0 Å². The predicted octanol–water partition coefficient (Wildman–Crippen LogP) is 4.84. The predicted molar refractivity (Wildman–Crippen MR) is 134 cm³/mol. The van der Waals surface area contributed by atoms with E-state index in [1.165, 1.54) is 23.0 Å². The largest absolute Gasteiger partial charge is 0.497 e. The van der Waals surface area contributed by atoms with E-state index >= 15 is 0 Å². The Balaban J connectivity index is 1.58. The molecule has 176 valence electrons. The number of carbonyl (C=O) groups excluding carboxylic acids is 1. The quantitative estimate of drug-likeness (QED) is 0.369. The van der Waals surface area contributed by atoms with E-state index in [0.717, 1.165) is 5.56 Å². The summed E-state index contributed by atoms with van der Waals surface area (Å²) < 4.78 is 22.3. The Kier molecular flexibility index (Phi) is 5.96. The van der Waals surface area contributed by atoms with Crippen molar-refractivity contribution >= 4 is 45.1 Å². The molecule has 0 atom stereocenters. The second-order valence-electron chi connectivity index (χ2n) is 8.03. The summed E-state index contributed by atoms with van der Waals surface area (Å²) in [5, 5.41) is 3.74. The molecule has 3 aromatic carbocycles. The van der Waals surface area contributed by atoms with Crippen LogP contribution in [0.15, 0.2) is 77.9 Å². The number of carbonyl (C=O) groups is 1. The van der Waals surface area contributed by atoms with E-state index in [2.05, 4.69) is 10.3 Å². The molecule has 1 amide bonds. The van der Waals surface area contributed by atoms with Crippen molar-refractivity contribution < 1.29 is 13.9 Å². The lowest BCUT2D eigenvalue weighted by molar-refractivity contribution is -0.116. The van der Waals surface area contributed by atoms with E-state index in [9.17, 15) is 14.0 Å². The fraction of sp³-hybridized carbons (Fsp3) is 0.115. The molecule has 1 N–H and O–H groups in total. The average Bonchev–Trinajstić information content (AvgIpc) is 3.14. The molecule has 0 unspecified atom stereocenters. The molecule has 0 fully saturated rings. The summed E-state index contributed by atoms with van der Waals surface area (Å²) in [5.41, 5.74) is 2.17. The zero-order valence-electron chi connectivity index (χ0n) is 18.7. The van der Waals surface area contributed by atoms with E-state index in [1.54, 1.807) is 42.0 Å². The van der Waals surface area contributed by atoms with Gasteiger partial charge in [0.05, 0.1) is 25.5 Å². The molecule has 0 aliphatic rings. The Morgan fingerprint density at radius 3 is 2.66 bits per heavy atom. The summed E-state index contributed by atoms with van der Waals surface area (Å²) in [6, 6.07) is 18.3. The number of ether oxygens (including phenoxy) is 1. The Labute approximate surface area is 204 Å². The number of anilines is 1. The maximum absolute atomic E-state index is 14.1. The number of fused-ring (bicyclic) bond motifs is 3. The number of amides is 1. The normalized spacial score (nSPS) is 11.2. The van der Waals surface area contributed by atoms with Crippen LogP contribution in [0.2, 0.25) is 5.02 Å². The fourth-order valence-corrected chi connectivity index (χ4v) is 4.28. The summed E-state index contributed by atoms with van der Waals surface area (Å²) in [6.45, 7) is 0.109. The van der Waals surface area contributed by atoms with Crippen molar-refractivity contribution in [2.75, 3.05) is 12.4 Å². The van der Waals surface area contributed by atoms with Gasteiger partial charge in [0, 0.05) is 16.1 Å². The van der Waals surface area contributed by atoms with Crippen LogP contribution in [0.1, 0.15) is 5.56 Å². The zero-order valence-corrected chi connectivity index (χ0v) is 19.4. The Bertz CT molecular complexity index is 1630. The van der Waals surface area contributed by atoms with Crippen LogP contribution in [-0.4, -0.2) is 27.1 Å². The molecule has 0 aliphatic heterocycles. The molecular formula is C26H20ClFN4O3. The van der Waals surface area contributed by atoms with Crippen molar-refractivity contribution in [2.45, 2.75) is 13.1 Å². The lowest BCUT2D eigenvalue weighted by Gasteiger charge is -2.10. The minimum Gasteiger partial charge on any atom is -0.497 e. The van der Waals surface area contributed by atoms with Crippen molar-refractivity contribution in [2.24, 2.45) is 0 Å². The van der Waals surface area contributed by atoms with Gasteiger partial charge in [0.25, 0.3) is 5.56 Å². The topological polar surface area (TPSA) is 78.2 Å². The summed E-state index contributed by atoms with van der Waals surface area (Å²) in [7, 11) is 1.58. The minimum atomic E-state index is -0.454. The van der Waals surface area contributed by atoms with E-state index < -0.39 is 5.82 Å². The lowest BCUT2D eigenvalue weighted by atomic mass is 10.2. The highest BCUT2D eigenvalue weighted by atomic mass is 35.5. The number of aromatic nitrogens is 3. The van der Waals surface area contributed by atoms with Crippen molar-refractivity contribution in [3.8, 4) is 5.75 Å². The van der Waals surface area contributed by atoms with Crippen molar-refractivity contribution in [1.29, 1.82) is 0 Å². The van der Waals surface area contributed by atoms with Crippen LogP contribution in [-0.2, 0) is 17.9 Å². The first kappa shape index (κ1) is 22.6. The van der Waals surface area contributed by atoms with E-state index in [0.29, 0.717) is 32.9 Å². The number of hydrogen-bond donors (Lipinski definition) is 1. The van der Waals surface area contributed by atoms with Gasteiger partial charge in [0.2, 0.25) is 5.91 Å². The molecule has 35 heavy (non-hydrogen) atoms. The number of nitrogens with zero attached hydrogens (tertiary/aromatic N) is 3. The lowest BCUT2D eigenvalue weighted by Crippen LogP contribution is -2.25. The number of benzene rings is 3. The molecule has 5 aromatic rings. The standard InChI is InChI=1S/C26H20ClFN4O3/c1-35-20-8-5-16(6-9-20)13-31-15-29-24-21-12-18(28)7-10-22(21)32(25(24)26(31)34)14-23(33)30-19-4-2-3-17(27)11-19/h2-12,15H,13-14H2,1H3,(H,30,33). The molecule has 7 nitrogen and oxygen atoms in total. The van der Waals surface area contributed by atoms with Crippen LogP contribution in [0.4, 0.5) is 10.1 Å². The Morgan fingerprint density at radius 2 is 1.91 bits per heavy atom. The molecule has 2 aromatic heterocycles. The highest BCUT2D eigenvalue weighted by Crippen LogP contribution is 2.26. The molecule has 0 bridgehead atoms. The van der Waals surface area contributed by atoms with E-state index in [-0.39, 0.29) is 30.1 Å². The van der Waals surface area contributed by atoms with Gasteiger partial charge < -0.3 is 14.6 Å². The number of hydrogen-bond acceptors (Lipinski definition) is 4. The molecule has 9 heteroatoms. The van der Waals surface area contributed by atoms with Crippen molar-refractivity contribution in [3.63, 3.8) is 0 Å². The summed E-state index contributed by atoms with van der Waals surface area (Å²) in [4.78, 5) is 30.9. The van der Waals surface area contributed by atoms with Gasteiger partial charge in [-0.3, -0.25) is 14.2 Å². The summed E-state index contributed by atoms with van der Waals surface area (Å²) in [6.07, 6.45) is 1.44. The van der Waals surface area contributed by atoms with E-state index in [1.807, 2.05) is 24.3 Å². The van der Waals surface area contributed by atoms with Crippen LogP contribution in [0.25, 0.3) is 21.9 Å². The summed E-state index contributed by atoms with van der Waals surface area (Å²) >= 11 is 6.01. The number of rotatable bonds is 6. The van der Waals surface area contributed by atoms with Crippen molar-refractivity contribution in [1.82, 2.24) is 14.1 Å². The first-order chi connectivity index (χ1) is 16.9. The van der Waals surface area contributed by atoms with Gasteiger partial charge in [-0.1, -0.05) is 29.8 Å². The highest BCUT2D eigenvalue weighted by molar-refractivity contribution is 6.30. The fourth-order valence-electron chi connectivity index (χ4n) is 4.09. The highest BCUT2D eigenvalue weighted by Gasteiger charge is 2.19. The first-order valence-corrected chi connectivity index (χ1v) is 11.2. The maximum atomic E-state index is 14.1. The van der Waals surface area contributed by atoms with Crippen LogP contribution >= 0.6 is 11.6 Å². The average molecular weight is 491 g/mol. The smallest absolute Gasteiger partial charge is 0.278 e. The van der Waals surface area contributed by atoms with E-state index in [4.69, 9.17) is 16.3 Å².